The Morgan fingerprint density at radius 3 is 2.06 bits per heavy atom. The van der Waals surface area contributed by atoms with E-state index in [9.17, 15) is 10.2 Å². The number of halogens is 4. The lowest BCUT2D eigenvalue weighted by molar-refractivity contribution is 0.218. The second kappa shape index (κ2) is 15.1. The molecule has 3 rings (SSSR count). The van der Waals surface area contributed by atoms with Crippen LogP contribution in [0.2, 0.25) is 0 Å². The van der Waals surface area contributed by atoms with Crippen molar-refractivity contribution in [1.82, 2.24) is 25.0 Å². The molecule has 2 N–H and O–H groups in total. The number of thiazole rings is 2. The lowest BCUT2D eigenvalue weighted by Crippen LogP contribution is -1.98. The zero-order valence-corrected chi connectivity index (χ0v) is 24.5. The minimum atomic E-state index is -0.867. The van der Waals surface area contributed by atoms with E-state index in [1.54, 1.807) is 17.8 Å². The van der Waals surface area contributed by atoms with Gasteiger partial charge in [-0.15, -0.1) is 34.2 Å². The average molecular weight is 736 g/mol. The molecule has 0 bridgehead atoms. The van der Waals surface area contributed by atoms with Crippen molar-refractivity contribution in [3.05, 3.63) is 49.1 Å². The molecule has 0 fully saturated rings. The molecule has 2 atom stereocenters. The third-order valence-corrected chi connectivity index (χ3v) is 8.04. The molecule has 3 heterocycles. The van der Waals surface area contributed by atoms with Crippen LogP contribution in [0.15, 0.2) is 28.4 Å². The number of aryl methyl sites for hydroxylation is 1. The minimum absolute atomic E-state index is 0.527. The topological polar surface area (TPSA) is 146 Å². The fourth-order valence-corrected chi connectivity index (χ4v) is 6.47. The Kier molecular flexibility index (Phi) is 13.7. The number of rotatable bonds is 5. The van der Waals surface area contributed by atoms with Crippen molar-refractivity contribution in [3.63, 3.8) is 0 Å². The Morgan fingerprint density at radius 1 is 1.16 bits per heavy atom. The lowest BCUT2D eigenvalue weighted by Gasteiger charge is -2.03. The van der Waals surface area contributed by atoms with Gasteiger partial charge in [0.2, 0.25) is 0 Å². The summed E-state index contributed by atoms with van der Waals surface area (Å²) >= 11 is 15.6. The van der Waals surface area contributed by atoms with Gasteiger partial charge in [-0.25, -0.2) is 9.97 Å². The highest BCUT2D eigenvalue weighted by Crippen LogP contribution is 2.34. The molecule has 3 aromatic rings. The maximum atomic E-state index is 10.1. The predicted molar refractivity (Wildman–Crippen MR) is 138 cm³/mol. The van der Waals surface area contributed by atoms with E-state index < -0.39 is 12.2 Å². The summed E-state index contributed by atoms with van der Waals surface area (Å²) in [5.74, 6) is 2.21. The summed E-state index contributed by atoms with van der Waals surface area (Å²) in [5.41, 5.74) is 8.05. The van der Waals surface area contributed by atoms with Gasteiger partial charge in [-0.3, -0.25) is 4.68 Å². The molecule has 0 saturated carbocycles. The second-order valence-corrected chi connectivity index (χ2v) is 11.4. The third-order valence-electron chi connectivity index (χ3n) is 3.19. The highest BCUT2D eigenvalue weighted by Gasteiger charge is 2.21. The fourth-order valence-electron chi connectivity index (χ4n) is 1.78. The van der Waals surface area contributed by atoms with Gasteiger partial charge >= 0.3 is 0 Å². The average Bonchev–Trinajstić information content (AvgIpc) is 3.46. The Balaban J connectivity index is 0.000000278. The summed E-state index contributed by atoms with van der Waals surface area (Å²) in [4.78, 5) is 11.9. The van der Waals surface area contributed by atoms with E-state index >= 15 is 0 Å². The van der Waals surface area contributed by atoms with Gasteiger partial charge in [-0.2, -0.15) is 0 Å². The molecule has 16 heteroatoms. The molecule has 0 spiro atoms. The molecule has 172 valence electrons. The van der Waals surface area contributed by atoms with Crippen LogP contribution in [-0.2, 0) is 6.54 Å². The van der Waals surface area contributed by atoms with Crippen LogP contribution in [0.4, 0.5) is 0 Å². The second-order valence-electron chi connectivity index (χ2n) is 5.26. The van der Waals surface area contributed by atoms with Crippen molar-refractivity contribution >= 4 is 86.4 Å². The first-order valence-corrected chi connectivity index (χ1v) is 13.3. The van der Waals surface area contributed by atoms with Gasteiger partial charge in [-0.1, -0.05) is 23.2 Å². The van der Waals surface area contributed by atoms with Gasteiger partial charge in [0, 0.05) is 18.0 Å². The van der Waals surface area contributed by atoms with Crippen LogP contribution in [0, 0.1) is 12.3 Å². The van der Waals surface area contributed by atoms with Crippen molar-refractivity contribution in [3.8, 4) is 12.3 Å². The fraction of sp³-hybridized carbons (Fsp3) is 0.375. The van der Waals surface area contributed by atoms with Crippen molar-refractivity contribution in [2.75, 3.05) is 6.54 Å². The summed E-state index contributed by atoms with van der Waals surface area (Å²) in [6, 6.07) is 0. The van der Waals surface area contributed by atoms with E-state index in [0.717, 1.165) is 15.3 Å². The normalized spacial score (nSPS) is 11.7. The predicted octanol–water partition coefficient (Wildman–Crippen LogP) is 6.01. The van der Waals surface area contributed by atoms with Crippen LogP contribution in [0.5, 0.6) is 0 Å². The molecule has 2 unspecified atom stereocenters. The van der Waals surface area contributed by atoms with Crippen LogP contribution in [0.25, 0.3) is 10.4 Å². The highest BCUT2D eigenvalue weighted by atomic mass is 79.9. The smallest absolute Gasteiger partial charge is 0.160 e. The van der Waals surface area contributed by atoms with Gasteiger partial charge in [0.15, 0.2) is 13.9 Å². The zero-order chi connectivity index (χ0) is 24.3. The van der Waals surface area contributed by atoms with Crippen LogP contribution in [0.3, 0.4) is 0 Å². The Labute approximate surface area is 225 Å². The zero-order valence-electron chi connectivity index (χ0n) is 16.5. The van der Waals surface area contributed by atoms with Crippen LogP contribution < -0.4 is 0 Å². The van der Waals surface area contributed by atoms with Crippen molar-refractivity contribution in [2.45, 2.75) is 32.6 Å². The van der Waals surface area contributed by atoms with Gasteiger partial charge in [0.05, 0.1) is 16.0 Å². The van der Waals surface area contributed by atoms with Gasteiger partial charge in [0.25, 0.3) is 0 Å². The van der Waals surface area contributed by atoms with Gasteiger partial charge in [-0.05, 0) is 76.2 Å². The maximum absolute atomic E-state index is 10.1. The Hall–Kier alpha value is -0.890. The SMILES string of the molecule is C#CC(O)c1sc(Br)nc1Br.CCN=[N+]=[N-].CCn1cc(C(O)c2sc(Br)nc2Br)nn1. The molecule has 0 aliphatic rings. The lowest BCUT2D eigenvalue weighted by atomic mass is 10.2. The molecule has 3 aromatic heterocycles. The number of aliphatic hydroxyl groups is 2. The van der Waals surface area contributed by atoms with Crippen molar-refractivity contribution in [2.24, 2.45) is 5.11 Å². The van der Waals surface area contributed by atoms with E-state index in [1.807, 2.05) is 6.92 Å². The minimum Gasteiger partial charge on any atom is -0.381 e. The van der Waals surface area contributed by atoms with E-state index in [1.165, 1.54) is 22.7 Å². The number of terminal acetylenes is 1. The molecule has 32 heavy (non-hydrogen) atoms. The third kappa shape index (κ3) is 9.16. The van der Waals surface area contributed by atoms with Crippen LogP contribution in [0.1, 0.15) is 41.5 Å². The van der Waals surface area contributed by atoms with Crippen LogP contribution in [-0.4, -0.2) is 41.7 Å². The summed E-state index contributed by atoms with van der Waals surface area (Å²) < 4.78 is 4.32. The number of hydrogen-bond donors (Lipinski definition) is 2. The summed E-state index contributed by atoms with van der Waals surface area (Å²) in [7, 11) is 0. The molecule has 0 aliphatic heterocycles. The first-order chi connectivity index (χ1) is 15.2. The van der Waals surface area contributed by atoms with Gasteiger partial charge < -0.3 is 10.2 Å². The molecule has 0 radical (unpaired) electrons. The van der Waals surface area contributed by atoms with Crippen molar-refractivity contribution < 1.29 is 10.2 Å². The number of aromatic nitrogens is 5. The first kappa shape index (κ1) is 29.1. The molecule has 0 amide bonds. The van der Waals surface area contributed by atoms with E-state index in [0.29, 0.717) is 30.2 Å². The Morgan fingerprint density at radius 2 is 1.72 bits per heavy atom. The number of hydrogen-bond acceptors (Lipinski definition) is 9. The number of azide groups is 1. The molecular formula is C16H16Br4N8O2S2. The maximum Gasteiger partial charge on any atom is 0.160 e. The first-order valence-electron chi connectivity index (χ1n) is 8.54. The van der Waals surface area contributed by atoms with E-state index in [-0.39, 0.29) is 0 Å². The Bertz CT molecular complexity index is 1090. The molecule has 10 nitrogen and oxygen atoms in total. The largest absolute Gasteiger partial charge is 0.381 e. The quantitative estimate of drug-likeness (QED) is 0.142. The summed E-state index contributed by atoms with van der Waals surface area (Å²) in [5, 5.41) is 30.3. The molecule has 0 saturated heterocycles. The van der Waals surface area contributed by atoms with Crippen molar-refractivity contribution in [1.29, 1.82) is 0 Å². The summed E-state index contributed by atoms with van der Waals surface area (Å²) in [6.07, 6.45) is 5.09. The standard InChI is InChI=1S/C8H8Br2N4OS.C6H3Br2NOS.C2H5N3/c1-2-14-3-4(12-13-14)5(15)6-7(9)11-8(10)16-6;1-2-3(10)4-5(7)9-6(8)11-4;1-2-4-5-3/h3,5,15H,2H2,1H3;1,3,10H;2H2,1H3. The number of aliphatic hydroxyl groups excluding tert-OH is 2. The molecular weight excluding hydrogens is 720 g/mol. The highest BCUT2D eigenvalue weighted by molar-refractivity contribution is 9.11. The monoisotopic (exact) mass is 732 g/mol. The molecule has 0 aromatic carbocycles. The van der Waals surface area contributed by atoms with Crippen LogP contribution >= 0.6 is 86.4 Å². The van der Waals surface area contributed by atoms with Gasteiger partial charge in [0.1, 0.15) is 21.0 Å². The summed E-state index contributed by atoms with van der Waals surface area (Å²) in [6.45, 7) is 5.04. The van der Waals surface area contributed by atoms with E-state index in [4.69, 9.17) is 12.0 Å². The molecule has 0 aliphatic carbocycles. The number of nitrogens with zero attached hydrogens (tertiary/aromatic N) is 8. The van der Waals surface area contributed by atoms with E-state index in [2.05, 4.69) is 99.9 Å².